The minimum absolute atomic E-state index is 0.00239. The maximum Gasteiger partial charge on any atom is 0.433 e. The fourth-order valence-electron chi connectivity index (χ4n) is 5.49. The second kappa shape index (κ2) is 11.3. The van der Waals surface area contributed by atoms with Crippen LogP contribution in [-0.2, 0) is 6.18 Å². The molecule has 1 aliphatic rings. The largest absolute Gasteiger partial charge is 0.497 e. The first kappa shape index (κ1) is 29.4. The number of piperazine rings is 1. The molecule has 1 fully saturated rings. The predicted molar refractivity (Wildman–Crippen MR) is 143 cm³/mol. The highest BCUT2D eigenvalue weighted by molar-refractivity contribution is 6.00. The molecule has 1 saturated heterocycles. The number of ether oxygens (including phenoxy) is 1. The van der Waals surface area contributed by atoms with E-state index in [-0.39, 0.29) is 47.7 Å². The summed E-state index contributed by atoms with van der Waals surface area (Å²) in [5, 5.41) is 13.9. The number of halogens is 5. The molecule has 0 spiro atoms. The van der Waals surface area contributed by atoms with Crippen LogP contribution in [0.1, 0.15) is 40.1 Å². The molecule has 42 heavy (non-hydrogen) atoms. The van der Waals surface area contributed by atoms with Crippen LogP contribution in [0, 0.1) is 18.6 Å². The van der Waals surface area contributed by atoms with Gasteiger partial charge < -0.3 is 14.7 Å². The number of fused-ring (bicyclic) bond motifs is 1. The van der Waals surface area contributed by atoms with Gasteiger partial charge in [-0.25, -0.2) is 18.3 Å². The Morgan fingerprint density at radius 1 is 1.14 bits per heavy atom. The second-order valence-electron chi connectivity index (χ2n) is 10.2. The highest BCUT2D eigenvalue weighted by atomic mass is 19.4. The van der Waals surface area contributed by atoms with Gasteiger partial charge in [-0.3, -0.25) is 9.69 Å². The lowest BCUT2D eigenvalue weighted by molar-refractivity contribution is -0.143. The van der Waals surface area contributed by atoms with E-state index in [2.05, 4.69) is 10.1 Å². The molecule has 2 aromatic carbocycles. The number of rotatable bonds is 6. The van der Waals surface area contributed by atoms with Crippen LogP contribution in [0.2, 0.25) is 0 Å². The zero-order chi connectivity index (χ0) is 30.3. The van der Waals surface area contributed by atoms with Crippen LogP contribution in [0.25, 0.3) is 16.9 Å². The molecule has 8 nitrogen and oxygen atoms in total. The Balaban J connectivity index is 1.49. The van der Waals surface area contributed by atoms with E-state index in [1.807, 2.05) is 0 Å². The number of amides is 1. The maximum atomic E-state index is 14.5. The van der Waals surface area contributed by atoms with Crippen molar-refractivity contribution in [1.82, 2.24) is 24.4 Å². The molecule has 222 valence electrons. The summed E-state index contributed by atoms with van der Waals surface area (Å²) in [6.07, 6.45) is -3.71. The Bertz CT molecular complexity index is 1620. The van der Waals surface area contributed by atoms with Crippen molar-refractivity contribution in [1.29, 1.82) is 0 Å². The molecule has 1 amide bonds. The van der Waals surface area contributed by atoms with Crippen molar-refractivity contribution in [3.63, 3.8) is 0 Å². The number of aromatic nitrogens is 3. The molecule has 1 unspecified atom stereocenters. The van der Waals surface area contributed by atoms with Gasteiger partial charge in [-0.1, -0.05) is 0 Å². The van der Waals surface area contributed by atoms with Gasteiger partial charge in [-0.15, -0.1) is 0 Å². The van der Waals surface area contributed by atoms with Crippen molar-refractivity contribution >= 4 is 11.6 Å². The number of aliphatic hydroxyl groups excluding tert-OH is 1. The molecule has 1 N–H and O–H groups in total. The number of hydrogen-bond acceptors (Lipinski definition) is 6. The summed E-state index contributed by atoms with van der Waals surface area (Å²) < 4.78 is 76.9. The lowest BCUT2D eigenvalue weighted by atomic mass is 10.0. The number of aliphatic hydroxyl groups is 1. The number of nitrogens with zero attached hydrogens (tertiary/aromatic N) is 5. The van der Waals surface area contributed by atoms with Crippen LogP contribution >= 0.6 is 0 Å². The van der Waals surface area contributed by atoms with Gasteiger partial charge in [-0.05, 0) is 56.3 Å². The van der Waals surface area contributed by atoms with Crippen LogP contribution < -0.4 is 4.74 Å². The number of carbonyl (C=O) groups is 1. The first-order chi connectivity index (χ1) is 19.9. The summed E-state index contributed by atoms with van der Waals surface area (Å²) in [7, 11) is 1.47. The van der Waals surface area contributed by atoms with Gasteiger partial charge in [0, 0.05) is 42.4 Å². The van der Waals surface area contributed by atoms with Crippen molar-refractivity contribution in [2.24, 2.45) is 0 Å². The van der Waals surface area contributed by atoms with E-state index in [9.17, 15) is 31.9 Å². The molecule has 0 saturated carbocycles. The van der Waals surface area contributed by atoms with Gasteiger partial charge >= 0.3 is 6.18 Å². The van der Waals surface area contributed by atoms with Crippen LogP contribution in [0.4, 0.5) is 22.0 Å². The van der Waals surface area contributed by atoms with Crippen molar-refractivity contribution in [2.45, 2.75) is 32.1 Å². The van der Waals surface area contributed by atoms with Gasteiger partial charge in [-0.2, -0.15) is 18.3 Å². The maximum absolute atomic E-state index is 14.5. The number of benzene rings is 2. The second-order valence-corrected chi connectivity index (χ2v) is 10.2. The lowest BCUT2D eigenvalue weighted by Crippen LogP contribution is -2.55. The van der Waals surface area contributed by atoms with E-state index in [0.29, 0.717) is 15.8 Å². The average molecular weight is 590 g/mol. The SMILES string of the molecule is COc1ccc(-c2nc3c(C(=O)N4CCN(C(CO)c5cc(F)ccc5F)C[C@H]4C)cnn3c(C(F)(F)F)c2C)cc1. The Kier molecular flexibility index (Phi) is 7.90. The predicted octanol–water partition coefficient (Wildman–Crippen LogP) is 4.89. The van der Waals surface area contributed by atoms with Crippen LogP contribution in [0.15, 0.2) is 48.7 Å². The van der Waals surface area contributed by atoms with Crippen molar-refractivity contribution in [3.8, 4) is 17.0 Å². The van der Waals surface area contributed by atoms with Gasteiger partial charge in [0.25, 0.3) is 5.91 Å². The van der Waals surface area contributed by atoms with E-state index in [0.717, 1.165) is 24.4 Å². The summed E-state index contributed by atoms with van der Waals surface area (Å²) in [4.78, 5) is 21.4. The van der Waals surface area contributed by atoms with Gasteiger partial charge in [0.1, 0.15) is 22.9 Å². The minimum Gasteiger partial charge on any atom is -0.497 e. The van der Waals surface area contributed by atoms with Crippen LogP contribution in [0.5, 0.6) is 5.75 Å². The Labute approximate surface area is 237 Å². The molecule has 2 atom stereocenters. The minimum atomic E-state index is -4.79. The molecule has 1 aliphatic heterocycles. The number of carbonyl (C=O) groups excluding carboxylic acids is 1. The normalized spacial score (nSPS) is 17.1. The Hall–Kier alpha value is -4.10. The lowest BCUT2D eigenvalue weighted by Gasteiger charge is -2.43. The molecule has 5 rings (SSSR count). The topological polar surface area (TPSA) is 83.2 Å². The summed E-state index contributed by atoms with van der Waals surface area (Å²) in [6.45, 7) is 3.07. The summed E-state index contributed by atoms with van der Waals surface area (Å²) in [6, 6.07) is 8.06. The zero-order valence-electron chi connectivity index (χ0n) is 23.0. The molecule has 4 aromatic rings. The van der Waals surface area contributed by atoms with Crippen molar-refractivity contribution in [2.75, 3.05) is 33.4 Å². The standard InChI is InChI=1S/C29H28F5N5O3/c1-16-14-37(24(15-40)21-12-19(30)6-9-23(21)31)10-11-38(16)28(41)22-13-35-39-26(29(32,33)34)17(2)25(36-27(22)39)18-4-7-20(42-3)8-5-18/h4-9,12-13,16,24,40H,10-11,14-15H2,1-3H3/t16-,24?/m1/s1. The number of methoxy groups -OCH3 is 1. The molecule has 2 aromatic heterocycles. The monoisotopic (exact) mass is 589 g/mol. The van der Waals surface area contributed by atoms with Crippen LogP contribution in [-0.4, -0.2) is 74.8 Å². The van der Waals surface area contributed by atoms with Gasteiger partial charge in [0.15, 0.2) is 11.3 Å². The molecular weight excluding hydrogens is 561 g/mol. The fourth-order valence-corrected chi connectivity index (χ4v) is 5.49. The first-order valence-corrected chi connectivity index (χ1v) is 13.1. The molecule has 0 aliphatic carbocycles. The van der Waals surface area contributed by atoms with E-state index < -0.39 is 48.1 Å². The van der Waals surface area contributed by atoms with E-state index >= 15 is 0 Å². The van der Waals surface area contributed by atoms with Crippen molar-refractivity contribution < 1.29 is 36.6 Å². The number of alkyl halides is 3. The molecular formula is C29H28F5N5O3. The summed E-state index contributed by atoms with van der Waals surface area (Å²) in [5.74, 6) is -1.36. The fraction of sp³-hybridized carbons (Fsp3) is 0.345. The van der Waals surface area contributed by atoms with Crippen molar-refractivity contribution in [3.05, 3.63) is 82.7 Å². The summed E-state index contributed by atoms with van der Waals surface area (Å²) in [5.41, 5.74) is -1.09. The molecule has 0 radical (unpaired) electrons. The van der Waals surface area contributed by atoms with Gasteiger partial charge in [0.2, 0.25) is 0 Å². The molecule has 0 bridgehead atoms. The Morgan fingerprint density at radius 2 is 1.86 bits per heavy atom. The Morgan fingerprint density at radius 3 is 2.48 bits per heavy atom. The van der Waals surface area contributed by atoms with E-state index in [4.69, 9.17) is 4.74 Å². The van der Waals surface area contributed by atoms with Crippen LogP contribution in [0.3, 0.4) is 0 Å². The third-order valence-electron chi connectivity index (χ3n) is 7.60. The molecule has 3 heterocycles. The first-order valence-electron chi connectivity index (χ1n) is 13.1. The number of hydrogen-bond donors (Lipinski definition) is 1. The smallest absolute Gasteiger partial charge is 0.433 e. The molecule has 13 heteroatoms. The highest BCUT2D eigenvalue weighted by Gasteiger charge is 2.40. The highest BCUT2D eigenvalue weighted by Crippen LogP contribution is 2.37. The third kappa shape index (κ3) is 5.29. The van der Waals surface area contributed by atoms with Gasteiger partial charge in [0.05, 0.1) is 31.6 Å². The average Bonchev–Trinajstić information content (AvgIpc) is 3.37. The quantitative estimate of drug-likeness (QED) is 0.323. The zero-order valence-corrected chi connectivity index (χ0v) is 23.0. The van der Waals surface area contributed by atoms with E-state index in [1.54, 1.807) is 36.1 Å². The summed E-state index contributed by atoms with van der Waals surface area (Å²) >= 11 is 0. The third-order valence-corrected chi connectivity index (χ3v) is 7.60. The van der Waals surface area contributed by atoms with E-state index in [1.165, 1.54) is 18.9 Å².